The highest BCUT2D eigenvalue weighted by Crippen LogP contribution is 2.33. The summed E-state index contributed by atoms with van der Waals surface area (Å²) in [4.78, 5) is 21.7. The van der Waals surface area contributed by atoms with Crippen molar-refractivity contribution in [2.24, 2.45) is 5.41 Å². The van der Waals surface area contributed by atoms with Gasteiger partial charge in [-0.05, 0) is 43.0 Å². The second-order valence-corrected chi connectivity index (χ2v) is 11.5. The minimum absolute atomic E-state index is 0.0124. The average molecular weight is 544 g/mol. The number of benzene rings is 1. The molecule has 1 aromatic carbocycles. The first kappa shape index (κ1) is 25.3. The number of nitrogens with one attached hydrogen (secondary N) is 1. The second-order valence-electron chi connectivity index (χ2n) is 10.6. The van der Waals surface area contributed by atoms with Crippen molar-refractivity contribution in [1.82, 2.24) is 19.5 Å². The van der Waals surface area contributed by atoms with E-state index in [-0.39, 0.29) is 23.1 Å². The van der Waals surface area contributed by atoms with E-state index in [1.807, 2.05) is 29.2 Å². The number of aromatic nitrogens is 2. The molecule has 1 aliphatic rings. The summed E-state index contributed by atoms with van der Waals surface area (Å²) < 4.78 is 2.17. The van der Waals surface area contributed by atoms with Gasteiger partial charge in [-0.3, -0.25) is 15.1 Å². The van der Waals surface area contributed by atoms with E-state index in [0.29, 0.717) is 29.9 Å². The molecule has 3 aromatic rings. The summed E-state index contributed by atoms with van der Waals surface area (Å²) in [7, 11) is 0. The standard InChI is InChI=1S/C26H34BrN5O3/c1-16-17(2)25(35)32(24(16)34)29-22-12-18(20-7-6-19(27)13-21(20)28-22)15-30-8-10-31(11-9-30)23(33)14-26(3,4)5/h6-7,12-13,34-35H,8-11,14-15H2,1-5H3,(H,28,29). The smallest absolute Gasteiger partial charge is 0.223 e. The summed E-state index contributed by atoms with van der Waals surface area (Å²) in [5, 5.41) is 21.9. The highest BCUT2D eigenvalue weighted by molar-refractivity contribution is 9.10. The Balaban J connectivity index is 1.56. The van der Waals surface area contributed by atoms with Crippen LogP contribution in [0.15, 0.2) is 28.7 Å². The van der Waals surface area contributed by atoms with Crippen LogP contribution in [0, 0.1) is 19.3 Å². The van der Waals surface area contributed by atoms with Gasteiger partial charge < -0.3 is 15.1 Å². The summed E-state index contributed by atoms with van der Waals surface area (Å²) in [6, 6.07) is 7.96. The van der Waals surface area contributed by atoms with E-state index in [4.69, 9.17) is 4.98 Å². The molecule has 1 aliphatic heterocycles. The molecular formula is C26H34BrN5O3. The predicted octanol–water partition coefficient (Wildman–Crippen LogP) is 4.78. The summed E-state index contributed by atoms with van der Waals surface area (Å²) in [6.45, 7) is 13.5. The molecule has 1 saturated heterocycles. The maximum Gasteiger partial charge on any atom is 0.223 e. The third-order valence-electron chi connectivity index (χ3n) is 6.54. The summed E-state index contributed by atoms with van der Waals surface area (Å²) >= 11 is 3.53. The van der Waals surface area contributed by atoms with Crippen molar-refractivity contribution in [3.8, 4) is 11.8 Å². The van der Waals surface area contributed by atoms with Gasteiger partial charge in [-0.25, -0.2) is 4.98 Å². The molecular weight excluding hydrogens is 510 g/mol. The first-order valence-corrected chi connectivity index (χ1v) is 12.7. The van der Waals surface area contributed by atoms with Crippen LogP contribution in [0.25, 0.3) is 10.9 Å². The number of nitrogens with zero attached hydrogens (tertiary/aromatic N) is 4. The van der Waals surface area contributed by atoms with Crippen LogP contribution in [-0.4, -0.2) is 61.8 Å². The van der Waals surface area contributed by atoms with E-state index in [9.17, 15) is 15.0 Å². The van der Waals surface area contributed by atoms with Crippen molar-refractivity contribution in [1.29, 1.82) is 0 Å². The first-order valence-electron chi connectivity index (χ1n) is 11.9. The van der Waals surface area contributed by atoms with Crippen LogP contribution in [0.3, 0.4) is 0 Å². The lowest BCUT2D eigenvalue weighted by Crippen LogP contribution is -2.48. The normalized spacial score (nSPS) is 15.1. The van der Waals surface area contributed by atoms with E-state index < -0.39 is 0 Å². The fourth-order valence-corrected chi connectivity index (χ4v) is 4.76. The zero-order valence-corrected chi connectivity index (χ0v) is 22.6. The Bertz CT molecular complexity index is 1230. The molecule has 188 valence electrons. The van der Waals surface area contributed by atoms with E-state index >= 15 is 0 Å². The van der Waals surface area contributed by atoms with E-state index in [1.165, 1.54) is 4.68 Å². The largest absolute Gasteiger partial charge is 0.493 e. The van der Waals surface area contributed by atoms with Crippen LogP contribution in [-0.2, 0) is 11.3 Å². The van der Waals surface area contributed by atoms with Crippen molar-refractivity contribution in [2.45, 2.75) is 47.6 Å². The topological polar surface area (TPSA) is 93.9 Å². The van der Waals surface area contributed by atoms with E-state index in [0.717, 1.165) is 47.1 Å². The minimum atomic E-state index is -0.0475. The van der Waals surface area contributed by atoms with Gasteiger partial charge in [0, 0.05) is 60.1 Å². The lowest BCUT2D eigenvalue weighted by molar-refractivity contribution is -0.134. The van der Waals surface area contributed by atoms with Crippen LogP contribution < -0.4 is 5.43 Å². The SMILES string of the molecule is Cc1c(C)c(O)n(Nc2cc(CN3CCN(C(=O)CC(C)(C)C)CC3)c3ccc(Br)cc3n2)c1O. The summed E-state index contributed by atoms with van der Waals surface area (Å²) in [5.74, 6) is 0.646. The van der Waals surface area contributed by atoms with Gasteiger partial charge in [0.15, 0.2) is 0 Å². The Morgan fingerprint density at radius 3 is 2.29 bits per heavy atom. The molecule has 0 aliphatic carbocycles. The van der Waals surface area contributed by atoms with Gasteiger partial charge in [0.25, 0.3) is 0 Å². The van der Waals surface area contributed by atoms with Crippen LogP contribution in [0.2, 0.25) is 0 Å². The number of aromatic hydroxyl groups is 2. The van der Waals surface area contributed by atoms with Gasteiger partial charge in [-0.1, -0.05) is 42.8 Å². The predicted molar refractivity (Wildman–Crippen MR) is 142 cm³/mol. The second kappa shape index (κ2) is 9.70. The maximum atomic E-state index is 12.6. The lowest BCUT2D eigenvalue weighted by atomic mass is 9.91. The molecule has 1 amide bonds. The lowest BCUT2D eigenvalue weighted by Gasteiger charge is -2.36. The maximum absolute atomic E-state index is 12.6. The van der Waals surface area contributed by atoms with E-state index in [2.05, 4.69) is 47.0 Å². The molecule has 35 heavy (non-hydrogen) atoms. The number of amides is 1. The molecule has 4 rings (SSSR count). The van der Waals surface area contributed by atoms with Crippen molar-refractivity contribution < 1.29 is 15.0 Å². The van der Waals surface area contributed by atoms with Gasteiger partial charge >= 0.3 is 0 Å². The Morgan fingerprint density at radius 1 is 1.06 bits per heavy atom. The number of hydrogen-bond acceptors (Lipinski definition) is 6. The van der Waals surface area contributed by atoms with E-state index in [1.54, 1.807) is 13.8 Å². The molecule has 9 heteroatoms. The molecule has 0 bridgehead atoms. The van der Waals surface area contributed by atoms with Crippen molar-refractivity contribution in [2.75, 3.05) is 31.6 Å². The number of carbonyl (C=O) groups excluding carboxylic acids is 1. The third-order valence-corrected chi connectivity index (χ3v) is 7.03. The zero-order valence-electron chi connectivity index (χ0n) is 21.0. The first-order chi connectivity index (χ1) is 16.4. The number of pyridine rings is 1. The molecule has 2 aromatic heterocycles. The zero-order chi connectivity index (χ0) is 25.5. The minimum Gasteiger partial charge on any atom is -0.493 e. The summed E-state index contributed by atoms with van der Waals surface area (Å²) in [6.07, 6.45) is 0.559. The van der Waals surface area contributed by atoms with Crippen LogP contribution in [0.5, 0.6) is 11.8 Å². The van der Waals surface area contributed by atoms with Crippen LogP contribution >= 0.6 is 15.9 Å². The average Bonchev–Trinajstić information content (AvgIpc) is 2.96. The number of rotatable bonds is 5. The van der Waals surface area contributed by atoms with Gasteiger partial charge in [0.2, 0.25) is 17.7 Å². The number of carbonyl (C=O) groups is 1. The molecule has 0 atom stereocenters. The number of halogens is 1. The van der Waals surface area contributed by atoms with Gasteiger partial charge in [-0.15, -0.1) is 0 Å². The molecule has 0 radical (unpaired) electrons. The van der Waals surface area contributed by atoms with Gasteiger partial charge in [0.1, 0.15) is 5.82 Å². The number of hydrogen-bond donors (Lipinski definition) is 3. The van der Waals surface area contributed by atoms with Gasteiger partial charge in [-0.2, -0.15) is 4.68 Å². The molecule has 8 nitrogen and oxygen atoms in total. The number of fused-ring (bicyclic) bond motifs is 1. The van der Waals surface area contributed by atoms with Crippen molar-refractivity contribution in [3.05, 3.63) is 45.4 Å². The molecule has 0 saturated carbocycles. The Kier molecular flexibility index (Phi) is 7.02. The highest BCUT2D eigenvalue weighted by atomic mass is 79.9. The Morgan fingerprint density at radius 2 is 1.69 bits per heavy atom. The Labute approximate surface area is 214 Å². The molecule has 3 N–H and O–H groups in total. The Hall–Kier alpha value is -2.78. The third kappa shape index (κ3) is 5.56. The molecule has 1 fully saturated rings. The van der Waals surface area contributed by atoms with Gasteiger partial charge in [0.05, 0.1) is 5.52 Å². The number of piperazine rings is 1. The highest BCUT2D eigenvalue weighted by Gasteiger charge is 2.25. The fraction of sp³-hybridized carbons (Fsp3) is 0.462. The van der Waals surface area contributed by atoms with Crippen LogP contribution in [0.1, 0.15) is 43.9 Å². The summed E-state index contributed by atoms with van der Waals surface area (Å²) in [5.41, 5.74) is 6.15. The van der Waals surface area contributed by atoms with Crippen molar-refractivity contribution >= 4 is 38.6 Å². The monoisotopic (exact) mass is 543 g/mol. The molecule has 0 spiro atoms. The fourth-order valence-electron chi connectivity index (χ4n) is 4.42. The molecule has 0 unspecified atom stereocenters. The number of anilines is 1. The van der Waals surface area contributed by atoms with Crippen molar-refractivity contribution in [3.63, 3.8) is 0 Å². The molecule has 3 heterocycles. The quantitative estimate of drug-likeness (QED) is 0.428. The van der Waals surface area contributed by atoms with Crippen LogP contribution in [0.4, 0.5) is 5.82 Å².